The number of aromatic amines is 1. The Balaban J connectivity index is 2.16. The number of sulfonamides is 1. The third-order valence-corrected chi connectivity index (χ3v) is 3.92. The van der Waals surface area contributed by atoms with Gasteiger partial charge in [0.1, 0.15) is 0 Å². The molecule has 0 saturated carbocycles. The molecule has 0 bridgehead atoms. The molecule has 0 fully saturated rings. The predicted molar refractivity (Wildman–Crippen MR) is 70.8 cm³/mol. The highest BCUT2D eigenvalue weighted by molar-refractivity contribution is 7.91. The Kier molecular flexibility index (Phi) is 3.38. The molecule has 18 heavy (non-hydrogen) atoms. The molecular formula is C12H15N3O2S. The van der Waals surface area contributed by atoms with E-state index in [1.165, 1.54) is 0 Å². The van der Waals surface area contributed by atoms with Gasteiger partial charge in [0.15, 0.2) is 5.82 Å². The summed E-state index contributed by atoms with van der Waals surface area (Å²) in [4.78, 5) is 0. The number of aromatic nitrogens is 2. The first-order valence-corrected chi connectivity index (χ1v) is 7.19. The molecule has 2 aromatic rings. The normalized spacial score (nSPS) is 11.4. The van der Waals surface area contributed by atoms with Gasteiger partial charge < -0.3 is 0 Å². The first-order chi connectivity index (χ1) is 8.48. The van der Waals surface area contributed by atoms with Crippen LogP contribution in [0, 0.1) is 13.8 Å². The smallest absolute Gasteiger partial charge is 0.238 e. The second-order valence-electron chi connectivity index (χ2n) is 4.17. The van der Waals surface area contributed by atoms with Crippen LogP contribution in [0.3, 0.4) is 0 Å². The SMILES string of the molecule is Cc1[nH]nc(NS(=O)(=O)Cc2ccccc2)c1C. The van der Waals surface area contributed by atoms with Crippen molar-refractivity contribution < 1.29 is 8.42 Å². The van der Waals surface area contributed by atoms with E-state index in [-0.39, 0.29) is 5.75 Å². The molecule has 1 heterocycles. The lowest BCUT2D eigenvalue weighted by Crippen LogP contribution is -2.15. The number of aryl methyl sites for hydroxylation is 1. The molecule has 2 N–H and O–H groups in total. The summed E-state index contributed by atoms with van der Waals surface area (Å²) in [6, 6.07) is 9.04. The number of hydrogen-bond donors (Lipinski definition) is 2. The first-order valence-electron chi connectivity index (χ1n) is 5.54. The number of H-pyrrole nitrogens is 1. The second kappa shape index (κ2) is 4.81. The fraction of sp³-hybridized carbons (Fsp3) is 0.250. The van der Waals surface area contributed by atoms with Crippen LogP contribution in [0.2, 0.25) is 0 Å². The van der Waals surface area contributed by atoms with Gasteiger partial charge in [-0.15, -0.1) is 0 Å². The fourth-order valence-corrected chi connectivity index (χ4v) is 2.76. The van der Waals surface area contributed by atoms with Gasteiger partial charge in [-0.2, -0.15) is 5.10 Å². The average molecular weight is 265 g/mol. The topological polar surface area (TPSA) is 74.8 Å². The van der Waals surface area contributed by atoms with Gasteiger partial charge in [-0.1, -0.05) is 30.3 Å². The molecular weight excluding hydrogens is 250 g/mol. The predicted octanol–water partition coefficient (Wildman–Crippen LogP) is 1.97. The molecule has 0 aliphatic carbocycles. The van der Waals surface area contributed by atoms with E-state index in [9.17, 15) is 8.42 Å². The summed E-state index contributed by atoms with van der Waals surface area (Å²) in [6.07, 6.45) is 0. The van der Waals surface area contributed by atoms with Crippen LogP contribution in [-0.2, 0) is 15.8 Å². The van der Waals surface area contributed by atoms with E-state index in [1.54, 1.807) is 12.1 Å². The van der Waals surface area contributed by atoms with Crippen LogP contribution in [0.25, 0.3) is 0 Å². The van der Waals surface area contributed by atoms with Crippen molar-refractivity contribution in [3.63, 3.8) is 0 Å². The number of hydrogen-bond acceptors (Lipinski definition) is 3. The third kappa shape index (κ3) is 2.89. The summed E-state index contributed by atoms with van der Waals surface area (Å²) < 4.78 is 26.4. The molecule has 6 heteroatoms. The zero-order valence-electron chi connectivity index (χ0n) is 10.3. The minimum atomic E-state index is -3.43. The zero-order valence-corrected chi connectivity index (χ0v) is 11.1. The molecule has 1 aromatic carbocycles. The number of nitrogens with one attached hydrogen (secondary N) is 2. The fourth-order valence-electron chi connectivity index (χ4n) is 1.56. The highest BCUT2D eigenvalue weighted by Crippen LogP contribution is 2.16. The van der Waals surface area contributed by atoms with Gasteiger partial charge in [-0.3, -0.25) is 9.82 Å². The number of nitrogens with zero attached hydrogens (tertiary/aromatic N) is 1. The maximum absolute atomic E-state index is 12.0. The van der Waals surface area contributed by atoms with Crippen LogP contribution in [0.1, 0.15) is 16.8 Å². The number of benzene rings is 1. The minimum absolute atomic E-state index is 0.0564. The van der Waals surface area contributed by atoms with E-state index in [2.05, 4.69) is 14.9 Å². The van der Waals surface area contributed by atoms with Crippen LogP contribution in [-0.4, -0.2) is 18.6 Å². The highest BCUT2D eigenvalue weighted by Gasteiger charge is 2.15. The standard InChI is InChI=1S/C12H15N3O2S/c1-9-10(2)13-14-12(9)15-18(16,17)8-11-6-4-3-5-7-11/h3-7H,8H2,1-2H3,(H2,13,14,15). The third-order valence-electron chi connectivity index (χ3n) is 2.70. The lowest BCUT2D eigenvalue weighted by Gasteiger charge is -2.06. The highest BCUT2D eigenvalue weighted by atomic mass is 32.2. The molecule has 5 nitrogen and oxygen atoms in total. The van der Waals surface area contributed by atoms with Crippen molar-refractivity contribution in [2.24, 2.45) is 0 Å². The molecule has 1 aromatic heterocycles. The summed E-state index contributed by atoms with van der Waals surface area (Å²) in [6.45, 7) is 3.66. The zero-order chi connectivity index (χ0) is 13.2. The van der Waals surface area contributed by atoms with Crippen LogP contribution < -0.4 is 4.72 Å². The van der Waals surface area contributed by atoms with Crippen molar-refractivity contribution in [3.8, 4) is 0 Å². The Morgan fingerprint density at radius 3 is 2.44 bits per heavy atom. The summed E-state index contributed by atoms with van der Waals surface area (Å²) in [5, 5.41) is 6.67. The molecule has 0 amide bonds. The van der Waals surface area contributed by atoms with E-state index < -0.39 is 10.0 Å². The van der Waals surface area contributed by atoms with Crippen LogP contribution in [0.5, 0.6) is 0 Å². The second-order valence-corrected chi connectivity index (χ2v) is 5.89. The number of anilines is 1. The molecule has 0 aliphatic heterocycles. The molecule has 0 unspecified atom stereocenters. The van der Waals surface area contributed by atoms with Gasteiger partial charge in [0.2, 0.25) is 10.0 Å². The van der Waals surface area contributed by atoms with E-state index in [1.807, 2.05) is 32.0 Å². The Bertz CT molecular complexity index is 633. The van der Waals surface area contributed by atoms with E-state index >= 15 is 0 Å². The monoisotopic (exact) mass is 265 g/mol. The maximum atomic E-state index is 12.0. The Labute approximate surface area is 106 Å². The Morgan fingerprint density at radius 1 is 1.22 bits per heavy atom. The van der Waals surface area contributed by atoms with E-state index in [4.69, 9.17) is 0 Å². The molecule has 0 aliphatic rings. The summed E-state index contributed by atoms with van der Waals surface area (Å²) in [5.41, 5.74) is 2.41. The van der Waals surface area contributed by atoms with Gasteiger partial charge in [-0.05, 0) is 19.4 Å². The van der Waals surface area contributed by atoms with Gasteiger partial charge in [0.05, 0.1) is 5.75 Å². The Hall–Kier alpha value is -1.82. The summed E-state index contributed by atoms with van der Waals surface area (Å²) in [5.74, 6) is 0.308. The largest absolute Gasteiger partial charge is 0.280 e. The van der Waals surface area contributed by atoms with Gasteiger partial charge in [0, 0.05) is 11.3 Å². The molecule has 0 saturated heterocycles. The number of rotatable bonds is 4. The van der Waals surface area contributed by atoms with Crippen molar-refractivity contribution in [2.75, 3.05) is 4.72 Å². The quantitative estimate of drug-likeness (QED) is 0.887. The maximum Gasteiger partial charge on any atom is 0.238 e. The van der Waals surface area contributed by atoms with Crippen LogP contribution >= 0.6 is 0 Å². The summed E-state index contributed by atoms with van der Waals surface area (Å²) in [7, 11) is -3.43. The molecule has 96 valence electrons. The van der Waals surface area contributed by atoms with Crippen molar-refractivity contribution in [2.45, 2.75) is 19.6 Å². The molecule has 0 atom stereocenters. The lowest BCUT2D eigenvalue weighted by molar-refractivity contribution is 0.600. The molecule has 2 rings (SSSR count). The van der Waals surface area contributed by atoms with Crippen LogP contribution in [0.15, 0.2) is 30.3 Å². The van der Waals surface area contributed by atoms with Gasteiger partial charge in [-0.25, -0.2) is 8.42 Å². The van der Waals surface area contributed by atoms with Crippen molar-refractivity contribution >= 4 is 15.8 Å². The average Bonchev–Trinajstić information content (AvgIpc) is 2.61. The summed E-state index contributed by atoms with van der Waals surface area (Å²) >= 11 is 0. The molecule has 0 spiro atoms. The van der Waals surface area contributed by atoms with Gasteiger partial charge in [0.25, 0.3) is 0 Å². The van der Waals surface area contributed by atoms with E-state index in [0.717, 1.165) is 16.8 Å². The first kappa shape index (κ1) is 12.6. The Morgan fingerprint density at radius 2 is 1.89 bits per heavy atom. The molecule has 0 radical (unpaired) electrons. The van der Waals surface area contributed by atoms with Crippen molar-refractivity contribution in [3.05, 3.63) is 47.2 Å². The van der Waals surface area contributed by atoms with Crippen LogP contribution in [0.4, 0.5) is 5.82 Å². The van der Waals surface area contributed by atoms with Crippen molar-refractivity contribution in [1.29, 1.82) is 0 Å². The lowest BCUT2D eigenvalue weighted by atomic mass is 10.2. The van der Waals surface area contributed by atoms with Gasteiger partial charge >= 0.3 is 0 Å². The van der Waals surface area contributed by atoms with Crippen molar-refractivity contribution in [1.82, 2.24) is 10.2 Å². The minimum Gasteiger partial charge on any atom is -0.280 e. The van der Waals surface area contributed by atoms with E-state index in [0.29, 0.717) is 5.82 Å².